The topological polar surface area (TPSA) is 58.6 Å². The maximum atomic E-state index is 13.2. The van der Waals surface area contributed by atoms with Crippen LogP contribution in [0.4, 0.5) is 5.00 Å². The van der Waals surface area contributed by atoms with E-state index >= 15 is 0 Å². The van der Waals surface area contributed by atoms with E-state index in [9.17, 15) is 9.59 Å². The van der Waals surface area contributed by atoms with Gasteiger partial charge in [-0.15, -0.1) is 11.3 Å². The molecule has 1 fully saturated rings. The predicted molar refractivity (Wildman–Crippen MR) is 114 cm³/mol. The molecule has 28 heavy (non-hydrogen) atoms. The van der Waals surface area contributed by atoms with Crippen molar-refractivity contribution in [1.29, 1.82) is 0 Å². The second-order valence-electron chi connectivity index (χ2n) is 6.41. The summed E-state index contributed by atoms with van der Waals surface area (Å²) >= 11 is 1.44. The lowest BCUT2D eigenvalue weighted by molar-refractivity contribution is -0.111. The zero-order valence-corrected chi connectivity index (χ0v) is 16.9. The van der Waals surface area contributed by atoms with Crippen molar-refractivity contribution in [2.45, 2.75) is 13.8 Å². The summed E-state index contributed by atoms with van der Waals surface area (Å²) in [6.45, 7) is 6.02. The molecule has 5 nitrogen and oxygen atoms in total. The van der Waals surface area contributed by atoms with Crippen LogP contribution >= 0.6 is 11.3 Å². The Labute approximate surface area is 169 Å². The minimum Gasteiger partial charge on any atom is -0.378 e. The van der Waals surface area contributed by atoms with Gasteiger partial charge in [-0.1, -0.05) is 48.6 Å². The number of nitrogens with zero attached hydrogens (tertiary/aromatic N) is 1. The molecular formula is C22H24N2O3S. The average molecular weight is 397 g/mol. The van der Waals surface area contributed by atoms with Crippen LogP contribution in [-0.2, 0) is 9.53 Å². The molecule has 3 rings (SSSR count). The van der Waals surface area contributed by atoms with Gasteiger partial charge >= 0.3 is 0 Å². The third-order valence-corrected chi connectivity index (χ3v) is 5.74. The van der Waals surface area contributed by atoms with E-state index in [1.165, 1.54) is 17.4 Å². The standard InChI is InChI=1S/C22H24N2O3S/c1-3-4-6-11-18(25)23-21-19(22(26)24-12-14-27-15-13-24)16(2)20(28-21)17-9-7-5-8-10-17/h3-11H,12-15H2,1-2H3,(H,23,25). The minimum atomic E-state index is -0.255. The third kappa shape index (κ3) is 4.58. The molecule has 6 heteroatoms. The number of rotatable bonds is 5. The first-order valence-corrected chi connectivity index (χ1v) is 10.1. The second kappa shape index (κ2) is 9.48. The van der Waals surface area contributed by atoms with Crippen LogP contribution < -0.4 is 5.32 Å². The molecule has 1 N–H and O–H groups in total. The number of ether oxygens (including phenoxy) is 1. The van der Waals surface area contributed by atoms with Gasteiger partial charge in [0, 0.05) is 24.0 Å². The van der Waals surface area contributed by atoms with E-state index in [1.54, 1.807) is 17.1 Å². The van der Waals surface area contributed by atoms with Crippen molar-refractivity contribution >= 4 is 28.2 Å². The zero-order valence-electron chi connectivity index (χ0n) is 16.1. The Kier molecular flexibility index (Phi) is 6.79. The highest BCUT2D eigenvalue weighted by Gasteiger charge is 2.27. The molecule has 0 bridgehead atoms. The van der Waals surface area contributed by atoms with Gasteiger partial charge in [-0.05, 0) is 25.0 Å². The van der Waals surface area contributed by atoms with Crippen LogP contribution in [0, 0.1) is 6.92 Å². The van der Waals surface area contributed by atoms with E-state index in [0.29, 0.717) is 36.9 Å². The van der Waals surface area contributed by atoms with Crippen molar-refractivity contribution in [3.05, 3.63) is 65.8 Å². The molecule has 0 aliphatic carbocycles. The van der Waals surface area contributed by atoms with Crippen LogP contribution in [-0.4, -0.2) is 43.0 Å². The number of benzene rings is 1. The highest BCUT2D eigenvalue weighted by molar-refractivity contribution is 7.20. The molecule has 0 spiro atoms. The first kappa shape index (κ1) is 20.0. The number of carbonyl (C=O) groups is 2. The fourth-order valence-corrected chi connectivity index (χ4v) is 4.26. The first-order valence-electron chi connectivity index (χ1n) is 9.28. The molecule has 146 valence electrons. The SMILES string of the molecule is CC=CC=CC(=O)Nc1sc(-c2ccccc2)c(C)c1C(=O)N1CCOCC1. The first-order chi connectivity index (χ1) is 13.6. The lowest BCUT2D eigenvalue weighted by atomic mass is 10.1. The van der Waals surface area contributed by atoms with Crippen LogP contribution in [0.25, 0.3) is 10.4 Å². The number of morpholine rings is 1. The number of thiophene rings is 1. The van der Waals surface area contributed by atoms with Gasteiger partial charge in [0.2, 0.25) is 5.91 Å². The quantitative estimate of drug-likeness (QED) is 0.607. The highest BCUT2D eigenvalue weighted by Crippen LogP contribution is 2.40. The van der Waals surface area contributed by atoms with E-state index in [4.69, 9.17) is 4.74 Å². The van der Waals surface area contributed by atoms with Crippen LogP contribution in [0.3, 0.4) is 0 Å². The van der Waals surface area contributed by atoms with Gasteiger partial charge < -0.3 is 15.0 Å². The molecule has 1 aliphatic heterocycles. The van der Waals surface area contributed by atoms with Crippen molar-refractivity contribution in [1.82, 2.24) is 4.90 Å². The lowest BCUT2D eigenvalue weighted by Crippen LogP contribution is -2.41. The summed E-state index contributed by atoms with van der Waals surface area (Å²) in [6, 6.07) is 9.92. The predicted octanol–water partition coefficient (Wildman–Crippen LogP) is 4.27. The van der Waals surface area contributed by atoms with E-state index in [2.05, 4.69) is 5.32 Å². The van der Waals surface area contributed by atoms with Crippen LogP contribution in [0.5, 0.6) is 0 Å². The Morgan fingerprint density at radius 3 is 2.54 bits per heavy atom. The van der Waals surface area contributed by atoms with Gasteiger partial charge in [0.25, 0.3) is 5.91 Å². The van der Waals surface area contributed by atoms with Crippen molar-refractivity contribution in [3.8, 4) is 10.4 Å². The third-order valence-electron chi connectivity index (χ3n) is 4.48. The number of nitrogens with one attached hydrogen (secondary N) is 1. The molecule has 2 amide bonds. The van der Waals surface area contributed by atoms with E-state index in [-0.39, 0.29) is 11.8 Å². The maximum Gasteiger partial charge on any atom is 0.257 e. The van der Waals surface area contributed by atoms with Crippen LogP contribution in [0.15, 0.2) is 54.6 Å². The minimum absolute atomic E-state index is 0.0630. The number of amides is 2. The fraction of sp³-hybridized carbons (Fsp3) is 0.273. The molecule has 0 atom stereocenters. The normalized spacial score (nSPS) is 14.7. The number of hydrogen-bond acceptors (Lipinski definition) is 4. The Hall–Kier alpha value is -2.70. The molecule has 0 saturated carbocycles. The maximum absolute atomic E-state index is 13.2. The molecule has 1 saturated heterocycles. The van der Waals surface area contributed by atoms with Gasteiger partial charge in [0.05, 0.1) is 18.8 Å². The van der Waals surface area contributed by atoms with E-state index in [0.717, 1.165) is 16.0 Å². The van der Waals surface area contributed by atoms with Gasteiger partial charge in [0.1, 0.15) is 5.00 Å². The smallest absolute Gasteiger partial charge is 0.257 e. The Morgan fingerprint density at radius 2 is 1.86 bits per heavy atom. The summed E-state index contributed by atoms with van der Waals surface area (Å²) < 4.78 is 5.36. The molecule has 2 aromatic rings. The second-order valence-corrected chi connectivity index (χ2v) is 7.43. The lowest BCUT2D eigenvalue weighted by Gasteiger charge is -2.27. The largest absolute Gasteiger partial charge is 0.378 e. The summed E-state index contributed by atoms with van der Waals surface area (Å²) in [4.78, 5) is 28.3. The molecule has 0 radical (unpaired) electrons. The summed E-state index contributed by atoms with van der Waals surface area (Å²) in [7, 11) is 0. The van der Waals surface area contributed by atoms with Gasteiger partial charge in [-0.25, -0.2) is 0 Å². The number of allylic oxidation sites excluding steroid dienone is 3. The summed E-state index contributed by atoms with van der Waals surface area (Å²) in [6.07, 6.45) is 6.77. The average Bonchev–Trinajstić information content (AvgIpc) is 3.04. The molecular weight excluding hydrogens is 372 g/mol. The van der Waals surface area contributed by atoms with Gasteiger partial charge in [0.15, 0.2) is 0 Å². The van der Waals surface area contributed by atoms with Crippen molar-refractivity contribution in [3.63, 3.8) is 0 Å². The van der Waals surface area contributed by atoms with Crippen molar-refractivity contribution in [2.24, 2.45) is 0 Å². The molecule has 2 heterocycles. The number of anilines is 1. The number of hydrogen-bond donors (Lipinski definition) is 1. The Balaban J connectivity index is 1.98. The summed E-state index contributed by atoms with van der Waals surface area (Å²) in [5.41, 5.74) is 2.49. The van der Waals surface area contributed by atoms with Gasteiger partial charge in [-0.3, -0.25) is 9.59 Å². The molecule has 0 unspecified atom stereocenters. The Bertz CT molecular complexity index is 894. The van der Waals surface area contributed by atoms with Crippen LogP contribution in [0.2, 0.25) is 0 Å². The Morgan fingerprint density at radius 1 is 1.14 bits per heavy atom. The molecule has 1 aromatic heterocycles. The summed E-state index contributed by atoms with van der Waals surface area (Å²) in [5, 5.41) is 3.49. The van der Waals surface area contributed by atoms with E-state index < -0.39 is 0 Å². The van der Waals surface area contributed by atoms with Crippen molar-refractivity contribution < 1.29 is 14.3 Å². The fourth-order valence-electron chi connectivity index (χ4n) is 3.06. The summed E-state index contributed by atoms with van der Waals surface area (Å²) in [5.74, 6) is -0.318. The van der Waals surface area contributed by atoms with E-state index in [1.807, 2.05) is 50.3 Å². The molecule has 1 aromatic carbocycles. The highest BCUT2D eigenvalue weighted by atomic mass is 32.1. The van der Waals surface area contributed by atoms with Crippen molar-refractivity contribution in [2.75, 3.05) is 31.6 Å². The monoisotopic (exact) mass is 396 g/mol. The van der Waals surface area contributed by atoms with Gasteiger partial charge in [-0.2, -0.15) is 0 Å². The zero-order chi connectivity index (χ0) is 19.9. The number of carbonyl (C=O) groups excluding carboxylic acids is 2. The molecule has 1 aliphatic rings. The van der Waals surface area contributed by atoms with Crippen LogP contribution in [0.1, 0.15) is 22.8 Å².